The van der Waals surface area contributed by atoms with Crippen LogP contribution in [0.4, 0.5) is 0 Å². The normalized spacial score (nSPS) is 24.8. The van der Waals surface area contributed by atoms with Crippen LogP contribution in [0.25, 0.3) is 0 Å². The predicted molar refractivity (Wildman–Crippen MR) is 71.9 cm³/mol. The Labute approximate surface area is 118 Å². The summed E-state index contributed by atoms with van der Waals surface area (Å²) in [5.74, 6) is -3.05. The highest BCUT2D eigenvalue weighted by molar-refractivity contribution is 5.89. The van der Waals surface area contributed by atoms with Gasteiger partial charge in [0, 0.05) is 0 Å². The van der Waals surface area contributed by atoms with Crippen LogP contribution in [-0.2, 0) is 19.1 Å². The number of carbonyl (C=O) groups excluding carboxylic acids is 2. The molecule has 1 fully saturated rings. The Kier molecular flexibility index (Phi) is 5.98. The molecular weight excluding hydrogens is 262 g/mol. The van der Waals surface area contributed by atoms with Crippen LogP contribution in [0.1, 0.15) is 39.5 Å². The summed E-state index contributed by atoms with van der Waals surface area (Å²) in [6, 6.07) is -0.715. The van der Waals surface area contributed by atoms with Crippen LogP contribution < -0.4 is 5.32 Å². The Bertz CT molecular complexity index is 382. The summed E-state index contributed by atoms with van der Waals surface area (Å²) in [5, 5.41) is 11.8. The number of aliphatic carboxylic acids is 1. The van der Waals surface area contributed by atoms with Crippen LogP contribution in [0.5, 0.6) is 0 Å². The van der Waals surface area contributed by atoms with Gasteiger partial charge in [-0.15, -0.1) is 0 Å². The minimum atomic E-state index is -0.944. The van der Waals surface area contributed by atoms with E-state index in [9.17, 15) is 14.4 Å². The number of hydrogen-bond acceptors (Lipinski definition) is 4. The number of carbonyl (C=O) groups is 3. The van der Waals surface area contributed by atoms with Crippen LogP contribution in [-0.4, -0.2) is 36.1 Å². The highest BCUT2D eigenvalue weighted by Gasteiger charge is 2.39. The highest BCUT2D eigenvalue weighted by atomic mass is 16.5. The SMILES string of the molecule is CCC(C)C(NC(=O)[C@@H]1CCC[C@@H]1C(=O)O)C(=O)OC. The van der Waals surface area contributed by atoms with Crippen LogP contribution in [0.3, 0.4) is 0 Å². The lowest BCUT2D eigenvalue weighted by Gasteiger charge is -2.24. The maximum Gasteiger partial charge on any atom is 0.328 e. The Hall–Kier alpha value is -1.59. The fourth-order valence-electron chi connectivity index (χ4n) is 2.63. The van der Waals surface area contributed by atoms with E-state index in [-0.39, 0.29) is 11.8 Å². The largest absolute Gasteiger partial charge is 0.481 e. The zero-order valence-electron chi connectivity index (χ0n) is 12.2. The molecule has 0 aromatic carbocycles. The molecule has 0 heterocycles. The first kappa shape index (κ1) is 16.5. The fraction of sp³-hybridized carbons (Fsp3) is 0.786. The van der Waals surface area contributed by atoms with Gasteiger partial charge in [0.1, 0.15) is 6.04 Å². The zero-order valence-corrected chi connectivity index (χ0v) is 12.2. The number of carboxylic acids is 1. The summed E-state index contributed by atoms with van der Waals surface area (Å²) in [6.07, 6.45) is 2.51. The Morgan fingerprint density at radius 3 is 2.40 bits per heavy atom. The maximum absolute atomic E-state index is 12.2. The van der Waals surface area contributed by atoms with E-state index in [1.54, 1.807) is 0 Å². The van der Waals surface area contributed by atoms with Gasteiger partial charge in [0.15, 0.2) is 0 Å². The molecule has 20 heavy (non-hydrogen) atoms. The lowest BCUT2D eigenvalue weighted by Crippen LogP contribution is -2.48. The molecule has 6 heteroatoms. The minimum Gasteiger partial charge on any atom is -0.481 e. The number of methoxy groups -OCH3 is 1. The van der Waals surface area contributed by atoms with Gasteiger partial charge in [-0.1, -0.05) is 26.7 Å². The van der Waals surface area contributed by atoms with Crippen molar-refractivity contribution in [2.45, 2.75) is 45.6 Å². The molecule has 0 aromatic rings. The summed E-state index contributed by atoms with van der Waals surface area (Å²) in [7, 11) is 1.28. The topological polar surface area (TPSA) is 92.7 Å². The smallest absolute Gasteiger partial charge is 0.328 e. The van der Waals surface area contributed by atoms with E-state index in [1.807, 2.05) is 13.8 Å². The van der Waals surface area contributed by atoms with Crippen molar-refractivity contribution in [3.8, 4) is 0 Å². The molecule has 0 bridgehead atoms. The van der Waals surface area contributed by atoms with Gasteiger partial charge >= 0.3 is 11.9 Å². The van der Waals surface area contributed by atoms with Crippen LogP contribution in [0.15, 0.2) is 0 Å². The van der Waals surface area contributed by atoms with Gasteiger partial charge in [-0.2, -0.15) is 0 Å². The van der Waals surface area contributed by atoms with Crippen LogP contribution in [0, 0.1) is 17.8 Å². The lowest BCUT2D eigenvalue weighted by molar-refractivity contribution is -0.149. The molecule has 1 saturated carbocycles. The van der Waals surface area contributed by atoms with E-state index in [4.69, 9.17) is 9.84 Å². The summed E-state index contributed by atoms with van der Waals surface area (Å²) in [6.45, 7) is 3.77. The molecule has 114 valence electrons. The molecule has 1 aliphatic rings. The molecule has 0 saturated heterocycles. The summed E-state index contributed by atoms with van der Waals surface area (Å²) in [4.78, 5) is 35.1. The first-order chi connectivity index (χ1) is 9.42. The van der Waals surface area contributed by atoms with Crippen molar-refractivity contribution in [1.82, 2.24) is 5.32 Å². The summed E-state index contributed by atoms with van der Waals surface area (Å²) in [5.41, 5.74) is 0. The first-order valence-corrected chi connectivity index (χ1v) is 7.03. The number of rotatable bonds is 6. The molecule has 0 aliphatic heterocycles. The standard InChI is InChI=1S/C14H23NO5/c1-4-8(2)11(14(19)20-3)15-12(16)9-6-5-7-10(9)13(17)18/h8-11H,4-7H2,1-3H3,(H,15,16)(H,17,18)/t8?,9-,10+,11?/m1/s1. The molecule has 2 N–H and O–H groups in total. The summed E-state index contributed by atoms with van der Waals surface area (Å²) < 4.78 is 4.70. The molecule has 0 radical (unpaired) electrons. The predicted octanol–water partition coefficient (Wildman–Crippen LogP) is 1.19. The number of carboxylic acid groups (broad SMARTS) is 1. The lowest BCUT2D eigenvalue weighted by atomic mass is 9.93. The molecule has 2 unspecified atom stereocenters. The maximum atomic E-state index is 12.2. The fourth-order valence-corrected chi connectivity index (χ4v) is 2.63. The van der Waals surface area contributed by atoms with Crippen molar-refractivity contribution in [3.63, 3.8) is 0 Å². The van der Waals surface area contributed by atoms with Crippen molar-refractivity contribution < 1.29 is 24.2 Å². The van der Waals surface area contributed by atoms with E-state index in [2.05, 4.69) is 5.32 Å². The molecule has 0 spiro atoms. The Morgan fingerprint density at radius 1 is 1.30 bits per heavy atom. The van der Waals surface area contributed by atoms with Gasteiger partial charge in [-0.25, -0.2) is 4.79 Å². The molecule has 0 aromatic heterocycles. The van der Waals surface area contributed by atoms with Crippen molar-refractivity contribution in [3.05, 3.63) is 0 Å². The van der Waals surface area contributed by atoms with E-state index in [0.717, 1.165) is 6.42 Å². The van der Waals surface area contributed by atoms with Gasteiger partial charge in [0.05, 0.1) is 18.9 Å². The van der Waals surface area contributed by atoms with Crippen molar-refractivity contribution in [2.24, 2.45) is 17.8 Å². The van der Waals surface area contributed by atoms with Gasteiger partial charge in [-0.3, -0.25) is 9.59 Å². The third-order valence-corrected chi connectivity index (χ3v) is 4.14. The van der Waals surface area contributed by atoms with Crippen LogP contribution >= 0.6 is 0 Å². The minimum absolute atomic E-state index is 0.0592. The summed E-state index contributed by atoms with van der Waals surface area (Å²) >= 11 is 0. The van der Waals surface area contributed by atoms with E-state index in [0.29, 0.717) is 19.3 Å². The van der Waals surface area contributed by atoms with Gasteiger partial charge < -0.3 is 15.2 Å². The Balaban J connectivity index is 2.75. The van der Waals surface area contributed by atoms with Crippen molar-refractivity contribution in [2.75, 3.05) is 7.11 Å². The van der Waals surface area contributed by atoms with E-state index in [1.165, 1.54) is 7.11 Å². The van der Waals surface area contributed by atoms with Crippen LogP contribution in [0.2, 0.25) is 0 Å². The number of esters is 1. The third-order valence-electron chi connectivity index (χ3n) is 4.14. The quantitative estimate of drug-likeness (QED) is 0.715. The van der Waals surface area contributed by atoms with E-state index >= 15 is 0 Å². The molecular formula is C14H23NO5. The third kappa shape index (κ3) is 3.71. The number of amides is 1. The van der Waals surface area contributed by atoms with Gasteiger partial charge in [0.25, 0.3) is 0 Å². The highest BCUT2D eigenvalue weighted by Crippen LogP contribution is 2.32. The zero-order chi connectivity index (χ0) is 15.3. The van der Waals surface area contributed by atoms with Gasteiger partial charge in [0.2, 0.25) is 5.91 Å². The molecule has 4 atom stereocenters. The molecule has 1 rings (SSSR count). The Morgan fingerprint density at radius 2 is 1.90 bits per heavy atom. The molecule has 6 nitrogen and oxygen atoms in total. The van der Waals surface area contributed by atoms with Crippen molar-refractivity contribution in [1.29, 1.82) is 0 Å². The van der Waals surface area contributed by atoms with Gasteiger partial charge in [-0.05, 0) is 18.8 Å². The number of ether oxygens (including phenoxy) is 1. The second kappa shape index (κ2) is 7.26. The molecule has 1 aliphatic carbocycles. The number of nitrogens with one attached hydrogen (secondary N) is 1. The van der Waals surface area contributed by atoms with Crippen molar-refractivity contribution >= 4 is 17.8 Å². The number of hydrogen-bond donors (Lipinski definition) is 2. The average molecular weight is 285 g/mol. The average Bonchev–Trinajstić information content (AvgIpc) is 2.92. The molecule has 1 amide bonds. The van der Waals surface area contributed by atoms with E-state index < -0.39 is 29.8 Å². The first-order valence-electron chi connectivity index (χ1n) is 7.03. The second-order valence-electron chi connectivity index (χ2n) is 5.38. The monoisotopic (exact) mass is 285 g/mol. The second-order valence-corrected chi connectivity index (χ2v) is 5.38.